The topological polar surface area (TPSA) is 29.1 Å². The van der Waals surface area contributed by atoms with E-state index < -0.39 is 0 Å². The minimum Gasteiger partial charge on any atom is -0.346 e. The van der Waals surface area contributed by atoms with Gasteiger partial charge in [-0.1, -0.05) is 23.8 Å². The molecule has 0 saturated heterocycles. The van der Waals surface area contributed by atoms with Crippen molar-refractivity contribution in [3.8, 4) is 0 Å². The lowest BCUT2D eigenvalue weighted by Gasteiger charge is -2.17. The summed E-state index contributed by atoms with van der Waals surface area (Å²) in [6, 6.07) is 13.9. The van der Waals surface area contributed by atoms with E-state index in [-0.39, 0.29) is 11.9 Å². The number of hydrogen-bond acceptors (Lipinski definition) is 1. The number of nitrogens with one attached hydrogen (secondary N) is 1. The Morgan fingerprint density at radius 1 is 1.10 bits per heavy atom. The molecular formula is C17H18INO. The summed E-state index contributed by atoms with van der Waals surface area (Å²) in [7, 11) is 0. The van der Waals surface area contributed by atoms with Crippen LogP contribution in [0.3, 0.4) is 0 Å². The lowest BCUT2D eigenvalue weighted by molar-refractivity contribution is 0.0940. The summed E-state index contributed by atoms with van der Waals surface area (Å²) in [5, 5.41) is 3.06. The molecule has 1 atom stereocenters. The Kier molecular flexibility index (Phi) is 4.81. The summed E-state index contributed by atoms with van der Waals surface area (Å²) in [6.07, 6.45) is 0. The van der Waals surface area contributed by atoms with Gasteiger partial charge in [0.25, 0.3) is 5.91 Å². The van der Waals surface area contributed by atoms with Gasteiger partial charge in [-0.3, -0.25) is 4.79 Å². The lowest BCUT2D eigenvalue weighted by atomic mass is 10.00. The highest BCUT2D eigenvalue weighted by atomic mass is 127. The van der Waals surface area contributed by atoms with Crippen LogP contribution >= 0.6 is 22.6 Å². The Balaban J connectivity index is 2.15. The molecule has 1 amide bonds. The van der Waals surface area contributed by atoms with Gasteiger partial charge >= 0.3 is 0 Å². The predicted octanol–water partition coefficient (Wildman–Crippen LogP) is 4.40. The molecule has 0 unspecified atom stereocenters. The first-order valence-electron chi connectivity index (χ1n) is 6.61. The van der Waals surface area contributed by atoms with E-state index in [1.807, 2.05) is 31.2 Å². The zero-order valence-corrected chi connectivity index (χ0v) is 14.1. The van der Waals surface area contributed by atoms with E-state index in [1.54, 1.807) is 0 Å². The predicted molar refractivity (Wildman–Crippen MR) is 91.0 cm³/mol. The fourth-order valence-corrected chi connectivity index (χ4v) is 2.54. The van der Waals surface area contributed by atoms with Crippen molar-refractivity contribution in [1.29, 1.82) is 0 Å². The van der Waals surface area contributed by atoms with E-state index in [0.29, 0.717) is 5.56 Å². The summed E-state index contributed by atoms with van der Waals surface area (Å²) < 4.78 is 1.13. The molecule has 2 aromatic rings. The summed E-state index contributed by atoms with van der Waals surface area (Å²) in [5.74, 6) is -0.0326. The van der Waals surface area contributed by atoms with Crippen LogP contribution in [0, 0.1) is 17.4 Å². The standard InChI is InChI=1S/C17H18INO/c1-11-4-5-12(2)16(10-11)13(3)19-17(20)14-6-8-15(18)9-7-14/h4-10,13H,1-3H3,(H,19,20)/t13-/m1/s1. The number of amides is 1. The van der Waals surface area contributed by atoms with E-state index >= 15 is 0 Å². The molecule has 0 fully saturated rings. The highest BCUT2D eigenvalue weighted by molar-refractivity contribution is 14.1. The van der Waals surface area contributed by atoms with Crippen LogP contribution in [0.25, 0.3) is 0 Å². The van der Waals surface area contributed by atoms with Crippen molar-refractivity contribution in [3.63, 3.8) is 0 Å². The van der Waals surface area contributed by atoms with Gasteiger partial charge in [0.1, 0.15) is 0 Å². The van der Waals surface area contributed by atoms with E-state index in [1.165, 1.54) is 16.7 Å². The van der Waals surface area contributed by atoms with E-state index in [2.05, 4.69) is 60.0 Å². The van der Waals surface area contributed by atoms with Crippen molar-refractivity contribution < 1.29 is 4.79 Å². The molecule has 0 saturated carbocycles. The van der Waals surface area contributed by atoms with Gasteiger partial charge in [-0.05, 0) is 78.8 Å². The third-order valence-electron chi connectivity index (χ3n) is 3.36. The second-order valence-electron chi connectivity index (χ2n) is 5.06. The lowest BCUT2D eigenvalue weighted by Crippen LogP contribution is -2.27. The zero-order chi connectivity index (χ0) is 14.7. The monoisotopic (exact) mass is 379 g/mol. The van der Waals surface area contributed by atoms with Crippen LogP contribution < -0.4 is 5.32 Å². The molecule has 0 aliphatic rings. The molecule has 2 aromatic carbocycles. The molecule has 0 bridgehead atoms. The Morgan fingerprint density at radius 3 is 2.40 bits per heavy atom. The van der Waals surface area contributed by atoms with E-state index in [0.717, 1.165) is 3.57 Å². The minimum absolute atomic E-state index is 0.00155. The average molecular weight is 379 g/mol. The molecule has 0 aliphatic carbocycles. The van der Waals surface area contributed by atoms with Gasteiger partial charge in [0, 0.05) is 9.13 Å². The summed E-state index contributed by atoms with van der Waals surface area (Å²) in [5.41, 5.74) is 4.28. The Hall–Kier alpha value is -1.36. The Labute approximate surface area is 133 Å². The van der Waals surface area contributed by atoms with Gasteiger partial charge in [0.2, 0.25) is 0 Å². The van der Waals surface area contributed by atoms with Crippen LogP contribution in [0.2, 0.25) is 0 Å². The number of halogens is 1. The van der Waals surface area contributed by atoms with Crippen LogP contribution in [-0.2, 0) is 0 Å². The smallest absolute Gasteiger partial charge is 0.251 e. The molecule has 0 aromatic heterocycles. The maximum absolute atomic E-state index is 12.2. The van der Waals surface area contributed by atoms with Crippen molar-refractivity contribution in [3.05, 3.63) is 68.3 Å². The van der Waals surface area contributed by atoms with Gasteiger partial charge in [-0.25, -0.2) is 0 Å². The van der Waals surface area contributed by atoms with Crippen LogP contribution in [0.1, 0.15) is 40.0 Å². The second kappa shape index (κ2) is 6.39. The summed E-state index contributed by atoms with van der Waals surface area (Å²) in [4.78, 5) is 12.2. The van der Waals surface area contributed by atoms with Crippen molar-refractivity contribution >= 4 is 28.5 Å². The molecule has 20 heavy (non-hydrogen) atoms. The Morgan fingerprint density at radius 2 is 1.75 bits per heavy atom. The van der Waals surface area contributed by atoms with Gasteiger partial charge in [-0.2, -0.15) is 0 Å². The normalized spacial score (nSPS) is 12.0. The average Bonchev–Trinajstić information content (AvgIpc) is 2.42. The molecule has 2 rings (SSSR count). The van der Waals surface area contributed by atoms with Crippen molar-refractivity contribution in [1.82, 2.24) is 5.32 Å². The number of rotatable bonds is 3. The van der Waals surface area contributed by atoms with Crippen LogP contribution in [0.5, 0.6) is 0 Å². The van der Waals surface area contributed by atoms with Gasteiger partial charge < -0.3 is 5.32 Å². The first-order valence-corrected chi connectivity index (χ1v) is 7.69. The Bertz CT molecular complexity index is 619. The molecule has 0 spiro atoms. The van der Waals surface area contributed by atoms with Crippen molar-refractivity contribution in [2.75, 3.05) is 0 Å². The van der Waals surface area contributed by atoms with Crippen LogP contribution in [0.15, 0.2) is 42.5 Å². The van der Waals surface area contributed by atoms with Crippen molar-refractivity contribution in [2.24, 2.45) is 0 Å². The SMILES string of the molecule is Cc1ccc(C)c([C@@H](C)NC(=O)c2ccc(I)cc2)c1. The first-order chi connectivity index (χ1) is 9.47. The highest BCUT2D eigenvalue weighted by Gasteiger charge is 2.13. The van der Waals surface area contributed by atoms with E-state index in [4.69, 9.17) is 0 Å². The number of benzene rings is 2. The summed E-state index contributed by atoms with van der Waals surface area (Å²) >= 11 is 2.23. The van der Waals surface area contributed by atoms with Crippen LogP contribution in [-0.4, -0.2) is 5.91 Å². The third kappa shape index (κ3) is 3.60. The van der Waals surface area contributed by atoms with Gasteiger partial charge in [0.05, 0.1) is 6.04 Å². The largest absolute Gasteiger partial charge is 0.346 e. The van der Waals surface area contributed by atoms with Crippen LogP contribution in [0.4, 0.5) is 0 Å². The zero-order valence-electron chi connectivity index (χ0n) is 11.9. The second-order valence-corrected chi connectivity index (χ2v) is 6.31. The first kappa shape index (κ1) is 15.0. The molecule has 0 radical (unpaired) electrons. The molecule has 0 heterocycles. The quantitative estimate of drug-likeness (QED) is 0.787. The fourth-order valence-electron chi connectivity index (χ4n) is 2.19. The molecular weight excluding hydrogens is 361 g/mol. The number of carbonyl (C=O) groups is 1. The highest BCUT2D eigenvalue weighted by Crippen LogP contribution is 2.19. The fraction of sp³-hybridized carbons (Fsp3) is 0.235. The summed E-state index contributed by atoms with van der Waals surface area (Å²) in [6.45, 7) is 6.16. The third-order valence-corrected chi connectivity index (χ3v) is 4.07. The van der Waals surface area contributed by atoms with Gasteiger partial charge in [0.15, 0.2) is 0 Å². The van der Waals surface area contributed by atoms with Crippen molar-refractivity contribution in [2.45, 2.75) is 26.8 Å². The molecule has 0 aliphatic heterocycles. The molecule has 1 N–H and O–H groups in total. The molecule has 104 valence electrons. The number of aryl methyl sites for hydroxylation is 2. The molecule has 2 nitrogen and oxygen atoms in total. The minimum atomic E-state index is -0.0326. The van der Waals surface area contributed by atoms with Gasteiger partial charge in [-0.15, -0.1) is 0 Å². The van der Waals surface area contributed by atoms with E-state index in [9.17, 15) is 4.79 Å². The molecule has 3 heteroatoms. The maximum Gasteiger partial charge on any atom is 0.251 e. The number of hydrogen-bond donors (Lipinski definition) is 1. The number of carbonyl (C=O) groups excluding carboxylic acids is 1. The maximum atomic E-state index is 12.2.